The van der Waals surface area contributed by atoms with Crippen molar-refractivity contribution in [1.82, 2.24) is 4.90 Å². The van der Waals surface area contributed by atoms with Gasteiger partial charge in [-0.3, -0.25) is 4.79 Å². The first-order valence-corrected chi connectivity index (χ1v) is 8.28. The van der Waals surface area contributed by atoms with E-state index in [0.29, 0.717) is 25.9 Å². The van der Waals surface area contributed by atoms with Crippen molar-refractivity contribution < 1.29 is 13.9 Å². The molecule has 0 saturated carbocycles. The van der Waals surface area contributed by atoms with Crippen molar-refractivity contribution in [3.63, 3.8) is 0 Å². The summed E-state index contributed by atoms with van der Waals surface area (Å²) < 4.78 is 18.6. The maximum atomic E-state index is 13.7. The van der Waals surface area contributed by atoms with Crippen LogP contribution >= 0.6 is 0 Å². The topological polar surface area (TPSA) is 29.5 Å². The van der Waals surface area contributed by atoms with E-state index in [1.54, 1.807) is 12.1 Å². The Kier molecular flexibility index (Phi) is 6.79. The fourth-order valence-corrected chi connectivity index (χ4v) is 2.64. The fourth-order valence-electron chi connectivity index (χ4n) is 2.64. The minimum Gasteiger partial charge on any atom is -0.494 e. The molecule has 0 heterocycles. The summed E-state index contributed by atoms with van der Waals surface area (Å²) in [4.78, 5) is 14.2. The SMILES string of the molecule is CCN(CCc1ccccc1)C(=O)CCc1ccc(OC)c(F)c1. The lowest BCUT2D eigenvalue weighted by Crippen LogP contribution is -2.32. The third kappa shape index (κ3) is 5.08. The molecule has 0 radical (unpaired) electrons. The maximum Gasteiger partial charge on any atom is 0.222 e. The van der Waals surface area contributed by atoms with Crippen molar-refractivity contribution in [3.8, 4) is 5.75 Å². The Labute approximate surface area is 143 Å². The lowest BCUT2D eigenvalue weighted by atomic mass is 10.1. The highest BCUT2D eigenvalue weighted by Gasteiger charge is 2.12. The highest BCUT2D eigenvalue weighted by atomic mass is 19.1. The quantitative estimate of drug-likeness (QED) is 0.736. The standard InChI is InChI=1S/C20H24FNO2/c1-3-22(14-13-16-7-5-4-6-8-16)20(23)12-10-17-9-11-19(24-2)18(21)15-17/h4-9,11,15H,3,10,12-14H2,1-2H3. The van der Waals surface area contributed by atoms with Crippen LogP contribution in [0.5, 0.6) is 5.75 Å². The molecule has 0 bridgehead atoms. The van der Waals surface area contributed by atoms with Crippen molar-refractivity contribution in [2.45, 2.75) is 26.2 Å². The number of nitrogens with zero attached hydrogens (tertiary/aromatic N) is 1. The van der Waals surface area contributed by atoms with Crippen molar-refractivity contribution in [3.05, 3.63) is 65.5 Å². The molecular weight excluding hydrogens is 305 g/mol. The van der Waals surface area contributed by atoms with Gasteiger partial charge in [0.1, 0.15) is 0 Å². The Balaban J connectivity index is 1.86. The second-order valence-electron chi connectivity index (χ2n) is 5.68. The fraction of sp³-hybridized carbons (Fsp3) is 0.350. The zero-order valence-corrected chi connectivity index (χ0v) is 14.3. The molecule has 2 rings (SSSR count). The zero-order valence-electron chi connectivity index (χ0n) is 14.3. The molecule has 0 unspecified atom stereocenters. The van der Waals surface area contributed by atoms with Crippen LogP contribution in [0.25, 0.3) is 0 Å². The van der Waals surface area contributed by atoms with Crippen LogP contribution in [0.3, 0.4) is 0 Å². The average Bonchev–Trinajstić information content (AvgIpc) is 2.61. The van der Waals surface area contributed by atoms with Gasteiger partial charge in [0.25, 0.3) is 0 Å². The molecule has 2 aromatic carbocycles. The van der Waals surface area contributed by atoms with Gasteiger partial charge < -0.3 is 9.64 Å². The van der Waals surface area contributed by atoms with E-state index in [9.17, 15) is 9.18 Å². The van der Waals surface area contributed by atoms with E-state index in [2.05, 4.69) is 12.1 Å². The Morgan fingerprint density at radius 3 is 2.46 bits per heavy atom. The molecule has 0 atom stereocenters. The van der Waals surface area contributed by atoms with E-state index >= 15 is 0 Å². The number of amides is 1. The number of benzene rings is 2. The average molecular weight is 329 g/mol. The lowest BCUT2D eigenvalue weighted by molar-refractivity contribution is -0.130. The van der Waals surface area contributed by atoms with Gasteiger partial charge in [-0.2, -0.15) is 0 Å². The first-order valence-electron chi connectivity index (χ1n) is 8.28. The van der Waals surface area contributed by atoms with Crippen molar-refractivity contribution in [2.24, 2.45) is 0 Å². The number of hydrogen-bond acceptors (Lipinski definition) is 2. The Bertz CT molecular complexity index is 658. The van der Waals surface area contributed by atoms with Crippen molar-refractivity contribution in [1.29, 1.82) is 0 Å². The highest BCUT2D eigenvalue weighted by Crippen LogP contribution is 2.18. The van der Waals surface area contributed by atoms with E-state index in [1.807, 2.05) is 30.0 Å². The zero-order chi connectivity index (χ0) is 17.4. The van der Waals surface area contributed by atoms with Crippen LogP contribution in [0.2, 0.25) is 0 Å². The summed E-state index contributed by atoms with van der Waals surface area (Å²) in [6.07, 6.45) is 1.76. The van der Waals surface area contributed by atoms with Gasteiger partial charge in [0.05, 0.1) is 7.11 Å². The van der Waals surface area contributed by atoms with Gasteiger partial charge in [-0.15, -0.1) is 0 Å². The summed E-state index contributed by atoms with van der Waals surface area (Å²) in [6, 6.07) is 15.0. The molecule has 2 aromatic rings. The number of aryl methyl sites for hydroxylation is 1. The number of rotatable bonds is 8. The van der Waals surface area contributed by atoms with Crippen LogP contribution in [0.4, 0.5) is 4.39 Å². The first kappa shape index (κ1) is 18.0. The molecule has 0 aliphatic heterocycles. The Morgan fingerprint density at radius 1 is 1.08 bits per heavy atom. The smallest absolute Gasteiger partial charge is 0.222 e. The van der Waals surface area contributed by atoms with E-state index in [4.69, 9.17) is 4.74 Å². The second kappa shape index (κ2) is 9.06. The second-order valence-corrected chi connectivity index (χ2v) is 5.68. The summed E-state index contributed by atoms with van der Waals surface area (Å²) in [5.41, 5.74) is 2.03. The number of carbonyl (C=O) groups is 1. The molecule has 1 amide bonds. The molecule has 0 aliphatic carbocycles. The van der Waals surface area contributed by atoms with Gasteiger partial charge in [0, 0.05) is 19.5 Å². The summed E-state index contributed by atoms with van der Waals surface area (Å²) in [7, 11) is 1.44. The molecule has 0 N–H and O–H groups in total. The molecular formula is C20H24FNO2. The largest absolute Gasteiger partial charge is 0.494 e. The predicted octanol–water partition coefficient (Wildman–Crippen LogP) is 3.86. The number of halogens is 1. The summed E-state index contributed by atoms with van der Waals surface area (Å²) in [5.74, 6) is -0.0633. The van der Waals surface area contributed by atoms with Crippen LogP contribution < -0.4 is 4.74 Å². The number of ether oxygens (including phenoxy) is 1. The van der Waals surface area contributed by atoms with Crippen LogP contribution in [-0.4, -0.2) is 31.0 Å². The number of methoxy groups -OCH3 is 1. The number of likely N-dealkylation sites (N-methyl/N-ethyl adjacent to an activating group) is 1. The molecule has 0 spiro atoms. The lowest BCUT2D eigenvalue weighted by Gasteiger charge is -2.21. The Morgan fingerprint density at radius 2 is 1.83 bits per heavy atom. The van der Waals surface area contributed by atoms with Gasteiger partial charge in [-0.25, -0.2) is 4.39 Å². The molecule has 0 aromatic heterocycles. The normalized spacial score (nSPS) is 10.5. The Hall–Kier alpha value is -2.36. The van der Waals surface area contributed by atoms with E-state index in [-0.39, 0.29) is 17.5 Å². The maximum absolute atomic E-state index is 13.7. The van der Waals surface area contributed by atoms with Gasteiger partial charge >= 0.3 is 0 Å². The minimum atomic E-state index is -0.390. The molecule has 24 heavy (non-hydrogen) atoms. The van der Waals surface area contributed by atoms with Crippen LogP contribution in [0, 0.1) is 5.82 Å². The third-order valence-corrected chi connectivity index (χ3v) is 4.09. The van der Waals surface area contributed by atoms with Crippen LogP contribution in [-0.2, 0) is 17.6 Å². The third-order valence-electron chi connectivity index (χ3n) is 4.09. The minimum absolute atomic E-state index is 0.102. The summed E-state index contributed by atoms with van der Waals surface area (Å²) in [5, 5.41) is 0. The summed E-state index contributed by atoms with van der Waals surface area (Å²) in [6.45, 7) is 3.37. The predicted molar refractivity (Wildman–Crippen MR) is 93.7 cm³/mol. The van der Waals surface area contributed by atoms with Gasteiger partial charge in [0.2, 0.25) is 5.91 Å². The highest BCUT2D eigenvalue weighted by molar-refractivity contribution is 5.76. The number of hydrogen-bond donors (Lipinski definition) is 0. The molecule has 0 fully saturated rings. The molecule has 128 valence electrons. The van der Waals surface area contributed by atoms with Crippen molar-refractivity contribution >= 4 is 5.91 Å². The van der Waals surface area contributed by atoms with Gasteiger partial charge in [-0.1, -0.05) is 36.4 Å². The number of carbonyl (C=O) groups excluding carboxylic acids is 1. The van der Waals surface area contributed by atoms with Crippen molar-refractivity contribution in [2.75, 3.05) is 20.2 Å². The van der Waals surface area contributed by atoms with E-state index < -0.39 is 0 Å². The van der Waals surface area contributed by atoms with E-state index in [1.165, 1.54) is 18.7 Å². The van der Waals surface area contributed by atoms with Gasteiger partial charge in [-0.05, 0) is 43.0 Å². The molecule has 3 nitrogen and oxygen atoms in total. The van der Waals surface area contributed by atoms with E-state index in [0.717, 1.165) is 12.0 Å². The first-order chi connectivity index (χ1) is 11.6. The van der Waals surface area contributed by atoms with Crippen LogP contribution in [0.15, 0.2) is 48.5 Å². The monoisotopic (exact) mass is 329 g/mol. The van der Waals surface area contributed by atoms with Crippen LogP contribution in [0.1, 0.15) is 24.5 Å². The molecule has 0 aliphatic rings. The molecule has 4 heteroatoms. The van der Waals surface area contributed by atoms with Gasteiger partial charge in [0.15, 0.2) is 11.6 Å². The summed E-state index contributed by atoms with van der Waals surface area (Å²) >= 11 is 0. The molecule has 0 saturated heterocycles.